The zero-order chi connectivity index (χ0) is 21.9. The third-order valence-electron chi connectivity index (χ3n) is 5.57. The minimum Gasteiger partial charge on any atom is -0.487 e. The second kappa shape index (κ2) is 9.05. The summed E-state index contributed by atoms with van der Waals surface area (Å²) in [5.41, 5.74) is 1.79. The summed E-state index contributed by atoms with van der Waals surface area (Å²) in [6.45, 7) is 5.28. The van der Waals surface area contributed by atoms with Gasteiger partial charge in [0.05, 0.1) is 26.3 Å². The number of carbonyl (C=O) groups is 1. The van der Waals surface area contributed by atoms with E-state index in [2.05, 4.69) is 27.2 Å². The third kappa shape index (κ3) is 4.63. The predicted molar refractivity (Wildman–Crippen MR) is 113 cm³/mol. The van der Waals surface area contributed by atoms with Crippen LogP contribution in [0.2, 0.25) is 0 Å². The Morgan fingerprint density at radius 3 is 2.47 bits per heavy atom. The fourth-order valence-electron chi connectivity index (χ4n) is 3.72. The molecule has 2 aliphatic heterocycles. The van der Waals surface area contributed by atoms with E-state index in [1.165, 1.54) is 29.8 Å². The molecule has 0 saturated carbocycles. The van der Waals surface area contributed by atoms with Crippen LogP contribution in [0.4, 0.5) is 4.39 Å². The Kier molecular flexibility index (Phi) is 5.83. The smallest absolute Gasteiger partial charge is 0.311 e. The van der Waals surface area contributed by atoms with Gasteiger partial charge in [-0.2, -0.15) is 0 Å². The van der Waals surface area contributed by atoms with E-state index < -0.39 is 0 Å². The first-order valence-electron chi connectivity index (χ1n) is 10.6. The van der Waals surface area contributed by atoms with Gasteiger partial charge in [-0.05, 0) is 42.0 Å². The Bertz CT molecular complexity index is 1060. The summed E-state index contributed by atoms with van der Waals surface area (Å²) in [5, 5.41) is 7.72. The van der Waals surface area contributed by atoms with Crippen LogP contribution in [0.25, 0.3) is 11.5 Å². The minimum absolute atomic E-state index is 0.0801. The zero-order valence-corrected chi connectivity index (χ0v) is 17.4. The molecule has 1 amide bonds. The molecule has 0 aliphatic carbocycles. The van der Waals surface area contributed by atoms with Crippen molar-refractivity contribution in [2.24, 2.45) is 0 Å². The van der Waals surface area contributed by atoms with Gasteiger partial charge in [0.1, 0.15) is 17.7 Å². The van der Waals surface area contributed by atoms with Gasteiger partial charge in [0.15, 0.2) is 0 Å². The number of hydrogen-bond donors (Lipinski definition) is 0. The second-order valence-corrected chi connectivity index (χ2v) is 7.90. The van der Waals surface area contributed by atoms with Crippen LogP contribution in [0.5, 0.6) is 5.75 Å². The van der Waals surface area contributed by atoms with Crippen LogP contribution in [0.15, 0.2) is 52.9 Å². The zero-order valence-electron chi connectivity index (χ0n) is 17.4. The Hall–Kier alpha value is -3.30. The number of rotatable bonds is 6. The lowest BCUT2D eigenvalue weighted by Gasteiger charge is -2.38. The van der Waals surface area contributed by atoms with Gasteiger partial charge in [-0.15, -0.1) is 10.2 Å². The van der Waals surface area contributed by atoms with E-state index in [-0.39, 0.29) is 29.6 Å². The van der Waals surface area contributed by atoms with Gasteiger partial charge in [-0.1, -0.05) is 12.1 Å². The Balaban J connectivity index is 1.11. The maximum Gasteiger partial charge on any atom is 0.311 e. The van der Waals surface area contributed by atoms with Crippen LogP contribution >= 0.6 is 0 Å². The van der Waals surface area contributed by atoms with Crippen LogP contribution in [0.3, 0.4) is 0 Å². The highest BCUT2D eigenvalue weighted by atomic mass is 19.1. The summed E-state index contributed by atoms with van der Waals surface area (Å²) in [6.07, 6.45) is -0.0801. The predicted octanol–water partition coefficient (Wildman–Crippen LogP) is 2.61. The summed E-state index contributed by atoms with van der Waals surface area (Å²) in [4.78, 5) is 16.5. The molecule has 5 rings (SSSR count). The number of carbonyl (C=O) groups excluding carboxylic acids is 1. The number of amides is 1. The van der Waals surface area contributed by atoms with Gasteiger partial charge in [0.2, 0.25) is 5.89 Å². The van der Waals surface area contributed by atoms with Gasteiger partial charge in [0.25, 0.3) is 0 Å². The first kappa shape index (κ1) is 20.6. The van der Waals surface area contributed by atoms with E-state index in [0.717, 1.165) is 38.6 Å². The van der Waals surface area contributed by atoms with E-state index in [1.807, 2.05) is 12.1 Å². The molecule has 8 nitrogen and oxygen atoms in total. The molecule has 0 N–H and O–H groups in total. The third-order valence-corrected chi connectivity index (χ3v) is 5.57. The van der Waals surface area contributed by atoms with Crippen molar-refractivity contribution in [3.05, 3.63) is 65.8 Å². The number of benzene rings is 2. The molecule has 2 fully saturated rings. The first-order valence-corrected chi connectivity index (χ1v) is 10.6. The number of halogens is 1. The van der Waals surface area contributed by atoms with Crippen molar-refractivity contribution in [1.82, 2.24) is 20.0 Å². The van der Waals surface area contributed by atoms with E-state index in [4.69, 9.17) is 13.9 Å². The first-order chi connectivity index (χ1) is 15.6. The Labute approximate surface area is 184 Å². The fraction of sp³-hybridized carbons (Fsp3) is 0.348. The summed E-state index contributed by atoms with van der Waals surface area (Å²) >= 11 is 0. The van der Waals surface area contributed by atoms with Crippen molar-refractivity contribution in [3.63, 3.8) is 0 Å². The number of ether oxygens (including phenoxy) is 2. The van der Waals surface area contributed by atoms with Crippen LogP contribution in [-0.2, 0) is 11.3 Å². The van der Waals surface area contributed by atoms with E-state index in [9.17, 15) is 9.18 Å². The monoisotopic (exact) mass is 438 g/mol. The summed E-state index contributed by atoms with van der Waals surface area (Å²) < 4.78 is 29.9. The number of hydrogen-bond acceptors (Lipinski definition) is 7. The second-order valence-electron chi connectivity index (χ2n) is 7.90. The molecule has 166 valence electrons. The van der Waals surface area contributed by atoms with Crippen LogP contribution in [0, 0.1) is 5.82 Å². The minimum atomic E-state index is -0.358. The molecule has 1 aromatic heterocycles. The molecule has 0 radical (unpaired) electrons. The van der Waals surface area contributed by atoms with Crippen molar-refractivity contribution in [1.29, 1.82) is 0 Å². The number of aromatic nitrogens is 2. The highest BCUT2D eigenvalue weighted by molar-refractivity contribution is 5.90. The molecule has 2 aliphatic rings. The normalized spacial score (nSPS) is 17.2. The van der Waals surface area contributed by atoms with Crippen molar-refractivity contribution in [3.8, 4) is 17.2 Å². The molecule has 2 saturated heterocycles. The molecular weight excluding hydrogens is 415 g/mol. The van der Waals surface area contributed by atoms with Crippen LogP contribution in [0.1, 0.15) is 16.2 Å². The lowest BCUT2D eigenvalue weighted by molar-refractivity contribution is 0.0149. The molecule has 0 spiro atoms. The molecule has 2 aromatic carbocycles. The molecule has 3 heterocycles. The Morgan fingerprint density at radius 2 is 1.75 bits per heavy atom. The summed E-state index contributed by atoms with van der Waals surface area (Å²) in [6, 6.07) is 13.7. The molecule has 9 heteroatoms. The highest BCUT2D eigenvalue weighted by Gasteiger charge is 2.35. The maximum atomic E-state index is 13.1. The van der Waals surface area contributed by atoms with Gasteiger partial charge in [-0.3, -0.25) is 9.69 Å². The number of morpholine rings is 1. The fourth-order valence-corrected chi connectivity index (χ4v) is 3.72. The lowest BCUT2D eigenvalue weighted by Crippen LogP contribution is -2.56. The number of likely N-dealkylation sites (tertiary alicyclic amines) is 1. The number of nitrogens with zero attached hydrogens (tertiary/aromatic N) is 4. The van der Waals surface area contributed by atoms with Gasteiger partial charge in [-0.25, -0.2) is 4.39 Å². The van der Waals surface area contributed by atoms with Crippen molar-refractivity contribution >= 4 is 5.91 Å². The summed E-state index contributed by atoms with van der Waals surface area (Å²) in [7, 11) is 0. The van der Waals surface area contributed by atoms with E-state index in [1.54, 1.807) is 4.90 Å². The van der Waals surface area contributed by atoms with Crippen LogP contribution in [-0.4, -0.2) is 71.4 Å². The standard InChI is InChI=1S/C23H23FN4O4/c24-18-5-3-17(4-6-18)21-25-26-22(32-21)23(29)28-14-20(15-28)31-19-7-1-16(2-8-19)13-27-9-11-30-12-10-27/h1-8,20H,9-15H2. The largest absolute Gasteiger partial charge is 0.487 e. The molecule has 3 aromatic rings. The topological polar surface area (TPSA) is 80.9 Å². The van der Waals surface area contributed by atoms with Crippen molar-refractivity contribution in [2.75, 3.05) is 39.4 Å². The Morgan fingerprint density at radius 1 is 1.03 bits per heavy atom. The van der Waals surface area contributed by atoms with Crippen LogP contribution < -0.4 is 4.74 Å². The van der Waals surface area contributed by atoms with Gasteiger partial charge >= 0.3 is 11.8 Å². The van der Waals surface area contributed by atoms with Crippen molar-refractivity contribution in [2.45, 2.75) is 12.6 Å². The van der Waals surface area contributed by atoms with Gasteiger partial charge < -0.3 is 18.8 Å². The average Bonchev–Trinajstić information content (AvgIpc) is 3.28. The molecular formula is C23H23FN4O4. The highest BCUT2D eigenvalue weighted by Crippen LogP contribution is 2.23. The van der Waals surface area contributed by atoms with E-state index >= 15 is 0 Å². The SMILES string of the molecule is O=C(c1nnc(-c2ccc(F)cc2)o1)N1CC(Oc2ccc(CN3CCOCC3)cc2)C1. The lowest BCUT2D eigenvalue weighted by atomic mass is 10.1. The maximum absolute atomic E-state index is 13.1. The van der Waals surface area contributed by atoms with E-state index in [0.29, 0.717) is 18.7 Å². The molecule has 0 atom stereocenters. The van der Waals surface area contributed by atoms with Crippen molar-refractivity contribution < 1.29 is 23.1 Å². The molecule has 0 unspecified atom stereocenters. The molecule has 0 bridgehead atoms. The van der Waals surface area contributed by atoms with Gasteiger partial charge in [0, 0.05) is 25.2 Å². The average molecular weight is 438 g/mol. The summed E-state index contributed by atoms with van der Waals surface area (Å²) in [5.74, 6) is 0.174. The molecule has 32 heavy (non-hydrogen) atoms. The quantitative estimate of drug-likeness (QED) is 0.585.